The van der Waals surface area contributed by atoms with Gasteiger partial charge < -0.3 is 47.2 Å². The fraction of sp³-hybridized carbons (Fsp3) is 0.429. The number of nitrogens with zero attached hydrogens (tertiary/aromatic N) is 3. The van der Waals surface area contributed by atoms with Crippen LogP contribution >= 0.6 is 0 Å². The summed E-state index contributed by atoms with van der Waals surface area (Å²) in [6.45, 7) is 1.84. The zero-order chi connectivity index (χ0) is 47.6. The Morgan fingerprint density at radius 1 is 0.864 bits per heavy atom. The molecule has 0 radical (unpaired) electrons. The van der Waals surface area contributed by atoms with Crippen molar-refractivity contribution in [3.63, 3.8) is 0 Å². The van der Waals surface area contributed by atoms with Gasteiger partial charge in [0.05, 0.1) is 12.1 Å². The maximum absolute atomic E-state index is 14.3. The quantitative estimate of drug-likeness (QED) is 0.0530. The van der Waals surface area contributed by atoms with E-state index in [0.717, 1.165) is 23.3 Å². The van der Waals surface area contributed by atoms with Gasteiger partial charge in [-0.05, 0) is 79.6 Å². The topological polar surface area (TPSA) is 266 Å². The van der Waals surface area contributed by atoms with Crippen LogP contribution in [0.25, 0.3) is 22.5 Å². The van der Waals surface area contributed by atoms with Gasteiger partial charge >= 0.3 is 5.97 Å². The minimum Gasteiger partial charge on any atom is -0.507 e. The number of amides is 5. The number of phenols is 2. The molecule has 1 aliphatic rings. The molecule has 0 fully saturated rings. The van der Waals surface area contributed by atoms with Crippen molar-refractivity contribution in [1.82, 2.24) is 36.1 Å². The van der Waals surface area contributed by atoms with Crippen molar-refractivity contribution in [1.29, 1.82) is 0 Å². The lowest BCUT2D eigenvalue weighted by atomic mass is 9.94. The highest BCUT2D eigenvalue weighted by molar-refractivity contribution is 5.96. The van der Waals surface area contributed by atoms with Crippen molar-refractivity contribution < 1.29 is 44.1 Å². The Hall–Kier alpha value is -6.88. The predicted octanol–water partition coefficient (Wildman–Crippen LogP) is 4.69. The van der Waals surface area contributed by atoms with Crippen molar-refractivity contribution in [3.05, 3.63) is 95.3 Å². The number of aromatic hydroxyl groups is 2. The minimum absolute atomic E-state index is 0.0771. The molecular formula is C49H62N8O9. The number of likely N-dealkylation sites (N-methyl/N-ethyl adjacent to an activating group) is 1. The van der Waals surface area contributed by atoms with E-state index in [-0.39, 0.29) is 59.6 Å². The van der Waals surface area contributed by atoms with Crippen LogP contribution in [0.4, 0.5) is 0 Å². The number of carboxylic acid groups (broad SMARTS) is 1. The first-order valence-corrected chi connectivity index (χ1v) is 22.7. The summed E-state index contributed by atoms with van der Waals surface area (Å²) in [5.74, 6) is -4.72. The van der Waals surface area contributed by atoms with Crippen LogP contribution in [0.5, 0.6) is 11.5 Å². The van der Waals surface area contributed by atoms with E-state index in [9.17, 15) is 44.1 Å². The Labute approximate surface area is 385 Å². The Morgan fingerprint density at radius 2 is 1.53 bits per heavy atom. The van der Waals surface area contributed by atoms with Crippen LogP contribution in [0, 0.1) is 0 Å². The molecule has 0 saturated carbocycles. The molecule has 17 heteroatoms. The number of hydrogen-bond donors (Lipinski definition) is 8. The highest BCUT2D eigenvalue weighted by Crippen LogP contribution is 2.39. The average Bonchev–Trinajstić information content (AvgIpc) is 3.31. The first-order chi connectivity index (χ1) is 31.8. The van der Waals surface area contributed by atoms with Gasteiger partial charge in [-0.2, -0.15) is 0 Å². The number of aliphatic carboxylic acids is 1. The number of carbonyl (C=O) groups is 6. The van der Waals surface area contributed by atoms with Gasteiger partial charge in [-0.1, -0.05) is 81.8 Å². The molecule has 5 amide bonds. The summed E-state index contributed by atoms with van der Waals surface area (Å²) in [7, 11) is 1.35. The lowest BCUT2D eigenvalue weighted by Crippen LogP contribution is -2.52. The van der Waals surface area contributed by atoms with Crippen LogP contribution in [0.3, 0.4) is 0 Å². The van der Waals surface area contributed by atoms with E-state index in [1.54, 1.807) is 0 Å². The lowest BCUT2D eigenvalue weighted by Gasteiger charge is -2.32. The molecule has 5 rings (SSSR count). The third-order valence-corrected chi connectivity index (χ3v) is 11.6. The van der Waals surface area contributed by atoms with Crippen LogP contribution in [0.1, 0.15) is 111 Å². The number of carbonyl (C=O) groups excluding carboxylic acids is 5. The van der Waals surface area contributed by atoms with Gasteiger partial charge in [0, 0.05) is 55.5 Å². The average molecular weight is 907 g/mol. The van der Waals surface area contributed by atoms with E-state index in [1.807, 2.05) is 12.1 Å². The van der Waals surface area contributed by atoms with E-state index in [1.165, 1.54) is 99.9 Å². The van der Waals surface area contributed by atoms with Gasteiger partial charge in [-0.3, -0.25) is 24.0 Å². The summed E-state index contributed by atoms with van der Waals surface area (Å²) in [4.78, 5) is 89.5. The molecule has 2 heterocycles. The largest absolute Gasteiger partial charge is 0.507 e. The monoisotopic (exact) mass is 906 g/mol. The van der Waals surface area contributed by atoms with Crippen molar-refractivity contribution in [2.45, 2.75) is 109 Å². The van der Waals surface area contributed by atoms with Gasteiger partial charge in [0.15, 0.2) is 5.82 Å². The van der Waals surface area contributed by atoms with Crippen LogP contribution in [-0.2, 0) is 36.8 Å². The van der Waals surface area contributed by atoms with Crippen molar-refractivity contribution in [2.24, 2.45) is 5.73 Å². The lowest BCUT2D eigenvalue weighted by molar-refractivity contribution is -0.143. The van der Waals surface area contributed by atoms with Crippen molar-refractivity contribution in [2.75, 3.05) is 26.7 Å². The summed E-state index contributed by atoms with van der Waals surface area (Å²) in [5.41, 5.74) is 8.85. The highest BCUT2D eigenvalue weighted by atomic mass is 16.4. The Balaban J connectivity index is 1.23. The van der Waals surface area contributed by atoms with Crippen LogP contribution in [0.2, 0.25) is 0 Å². The first-order valence-electron chi connectivity index (χ1n) is 22.7. The maximum atomic E-state index is 14.3. The molecule has 352 valence electrons. The normalized spacial score (nSPS) is 15.4. The zero-order valence-corrected chi connectivity index (χ0v) is 37.7. The van der Waals surface area contributed by atoms with E-state index >= 15 is 0 Å². The molecule has 0 aliphatic carbocycles. The van der Waals surface area contributed by atoms with Crippen molar-refractivity contribution in [3.8, 4) is 34.0 Å². The number of fused-ring (bicyclic) bond motifs is 5. The molecule has 9 N–H and O–H groups in total. The van der Waals surface area contributed by atoms with E-state index in [2.05, 4.69) is 50.3 Å². The Morgan fingerprint density at radius 3 is 2.21 bits per heavy atom. The second-order valence-corrected chi connectivity index (χ2v) is 16.6. The number of phenolic OH excluding ortho intramolecular Hbond substituents is 2. The summed E-state index contributed by atoms with van der Waals surface area (Å²) in [5, 5.41) is 41.9. The number of nitrogens with two attached hydrogens (primary N) is 1. The molecule has 3 atom stereocenters. The predicted molar refractivity (Wildman–Crippen MR) is 248 cm³/mol. The molecule has 4 bridgehead atoms. The molecule has 3 unspecified atom stereocenters. The molecule has 0 spiro atoms. The fourth-order valence-electron chi connectivity index (χ4n) is 7.84. The van der Waals surface area contributed by atoms with Gasteiger partial charge in [-0.15, -0.1) is 0 Å². The van der Waals surface area contributed by atoms with E-state index < -0.39 is 60.2 Å². The molecule has 4 aromatic rings. The minimum atomic E-state index is -1.44. The second kappa shape index (κ2) is 25.0. The Kier molecular flexibility index (Phi) is 19.0. The number of benzene rings is 3. The molecule has 3 aromatic carbocycles. The molecule has 66 heavy (non-hydrogen) atoms. The van der Waals surface area contributed by atoms with Gasteiger partial charge in [0.2, 0.25) is 23.6 Å². The fourth-order valence-corrected chi connectivity index (χ4v) is 7.84. The summed E-state index contributed by atoms with van der Waals surface area (Å²) in [6.07, 6.45) is 13.4. The maximum Gasteiger partial charge on any atom is 0.326 e. The summed E-state index contributed by atoms with van der Waals surface area (Å²) < 4.78 is 0. The van der Waals surface area contributed by atoms with Gasteiger partial charge in [-0.25, -0.2) is 14.8 Å². The van der Waals surface area contributed by atoms with Crippen molar-refractivity contribution >= 4 is 35.5 Å². The Bertz CT molecular complexity index is 2310. The second-order valence-electron chi connectivity index (χ2n) is 16.6. The van der Waals surface area contributed by atoms with E-state index in [4.69, 9.17) is 5.73 Å². The number of carboxylic acids is 1. The van der Waals surface area contributed by atoms with Crippen LogP contribution in [0.15, 0.2) is 73.1 Å². The number of unbranched alkanes of at least 4 members (excludes halogenated alkanes) is 7. The van der Waals surface area contributed by atoms with Crippen LogP contribution < -0.4 is 27.0 Å². The third-order valence-electron chi connectivity index (χ3n) is 11.6. The van der Waals surface area contributed by atoms with Crippen LogP contribution in [-0.4, -0.2) is 104 Å². The zero-order valence-electron chi connectivity index (χ0n) is 37.7. The standard InChI is InChI=1S/C49H62N8O9/c1-3-4-5-6-7-8-9-12-31-14-17-33(18-15-31)45-52-28-35(29-53-45)46(62)51-24-22-42(60)55-38(13-10-11-23-50)48(64)57(2)44-34-19-21-41(59)37(27-34)36-25-32(16-20-40(36)58)26-39(49(65)66)56-43(61)30-54-47(44)63/h14-21,25,27-29,38-39,44,58-59H,3-13,22-24,26,30,50H2,1-2H3,(H,51,62)(H,54,63)(H,55,60)(H,56,61)(H,65,66). The first kappa shape index (κ1) is 50.1. The SMILES string of the molecule is CCCCCCCCCc1ccc(-c2ncc(C(=O)NCCC(=O)NC(CCCCN)C(=O)N(C)C3C(=O)NCC(=O)NC(C(=O)O)Cc4ccc(O)c(c4)-c4cc3ccc4O)cn2)cc1. The van der Waals surface area contributed by atoms with Gasteiger partial charge in [0.25, 0.3) is 5.91 Å². The third kappa shape index (κ3) is 14.3. The number of aryl methyl sites for hydroxylation is 1. The number of aromatic nitrogens is 2. The molecule has 0 saturated heterocycles. The smallest absolute Gasteiger partial charge is 0.326 e. The van der Waals surface area contributed by atoms with Gasteiger partial charge in [0.1, 0.15) is 29.6 Å². The summed E-state index contributed by atoms with van der Waals surface area (Å²) in [6, 6.07) is 12.5. The number of rotatable bonds is 21. The number of hydrogen-bond acceptors (Lipinski definition) is 11. The molecule has 1 aromatic heterocycles. The number of nitrogens with one attached hydrogen (secondary N) is 4. The summed E-state index contributed by atoms with van der Waals surface area (Å²) >= 11 is 0. The molecule has 1 aliphatic heterocycles. The van der Waals surface area contributed by atoms with E-state index in [0.29, 0.717) is 30.8 Å². The molecule has 17 nitrogen and oxygen atoms in total. The molecular weight excluding hydrogens is 845 g/mol. The highest BCUT2D eigenvalue weighted by Gasteiger charge is 2.34.